The lowest BCUT2D eigenvalue weighted by molar-refractivity contribution is 0.0967. The van der Waals surface area contributed by atoms with Gasteiger partial charge in [0, 0.05) is 12.5 Å². The van der Waals surface area contributed by atoms with Gasteiger partial charge in [0.2, 0.25) is 0 Å². The Morgan fingerprint density at radius 3 is 2.89 bits per heavy atom. The molecule has 0 aromatic heterocycles. The molecule has 1 aromatic carbocycles. The number of halogens is 1. The number of ketones is 1. The van der Waals surface area contributed by atoms with Crippen LogP contribution in [0.15, 0.2) is 6.07 Å². The highest BCUT2D eigenvalue weighted by Crippen LogP contribution is 2.40. The first-order chi connectivity index (χ1) is 8.69. The van der Waals surface area contributed by atoms with E-state index in [2.05, 4.69) is 0 Å². The molecular weight excluding hydrogens is 241 g/mol. The van der Waals surface area contributed by atoms with Crippen molar-refractivity contribution in [3.63, 3.8) is 0 Å². The molecule has 6 heteroatoms. The molecule has 0 saturated carbocycles. The maximum atomic E-state index is 14.1. The molecule has 0 unspecified atom stereocenters. The van der Waals surface area contributed by atoms with Crippen LogP contribution in [0.1, 0.15) is 16.8 Å². The molecule has 1 aromatic rings. The summed E-state index contributed by atoms with van der Waals surface area (Å²) in [6.07, 6.45) is 0.0416. The van der Waals surface area contributed by atoms with Gasteiger partial charge >= 0.3 is 0 Å². The summed E-state index contributed by atoms with van der Waals surface area (Å²) in [6.45, 7) is 0.777. The van der Waals surface area contributed by atoms with E-state index in [0.29, 0.717) is 12.4 Å². The second-order valence-corrected chi connectivity index (χ2v) is 3.75. The molecule has 0 radical (unpaired) electrons. The molecule has 18 heavy (non-hydrogen) atoms. The van der Waals surface area contributed by atoms with Crippen molar-refractivity contribution in [3.05, 3.63) is 17.4 Å². The zero-order valence-electron chi connectivity index (χ0n) is 9.99. The molecule has 2 rings (SSSR count). The van der Waals surface area contributed by atoms with Crippen molar-refractivity contribution in [1.29, 1.82) is 0 Å². The summed E-state index contributed by atoms with van der Waals surface area (Å²) in [5, 5.41) is 0. The summed E-state index contributed by atoms with van der Waals surface area (Å²) in [5.74, 6) is -0.742. The van der Waals surface area contributed by atoms with E-state index in [-0.39, 0.29) is 36.6 Å². The van der Waals surface area contributed by atoms with Crippen molar-refractivity contribution in [3.8, 4) is 17.2 Å². The number of Topliss-reactive ketones (excluding diaryl/α,β-unsaturated/α-hetero) is 1. The highest BCUT2D eigenvalue weighted by atomic mass is 19.1. The van der Waals surface area contributed by atoms with E-state index in [1.54, 1.807) is 0 Å². The van der Waals surface area contributed by atoms with E-state index in [1.165, 1.54) is 13.2 Å². The Labute approximate surface area is 104 Å². The third-order valence-corrected chi connectivity index (χ3v) is 2.61. The lowest BCUT2D eigenvalue weighted by Crippen LogP contribution is -2.20. The summed E-state index contributed by atoms with van der Waals surface area (Å²) in [7, 11) is 1.33. The SMILES string of the molecule is COc1cc2c(c(C(=O)CCN)c1F)OCCO2. The van der Waals surface area contributed by atoms with Crippen molar-refractivity contribution in [2.45, 2.75) is 6.42 Å². The molecule has 0 fully saturated rings. The van der Waals surface area contributed by atoms with Gasteiger partial charge in [-0.15, -0.1) is 0 Å². The van der Waals surface area contributed by atoms with Gasteiger partial charge in [-0.05, 0) is 6.54 Å². The van der Waals surface area contributed by atoms with Gasteiger partial charge in [-0.3, -0.25) is 4.79 Å². The molecule has 0 amide bonds. The molecule has 0 spiro atoms. The largest absolute Gasteiger partial charge is 0.494 e. The van der Waals surface area contributed by atoms with E-state index in [4.69, 9.17) is 19.9 Å². The standard InChI is InChI=1S/C12H14FNO4/c1-16-8-6-9-12(18-5-4-17-9)10(11(8)13)7(15)2-3-14/h6H,2-5,14H2,1H3. The molecule has 0 atom stereocenters. The number of hydrogen-bond acceptors (Lipinski definition) is 5. The highest BCUT2D eigenvalue weighted by molar-refractivity contribution is 6.00. The van der Waals surface area contributed by atoms with Crippen molar-refractivity contribution in [2.24, 2.45) is 5.73 Å². The molecule has 0 saturated heterocycles. The van der Waals surface area contributed by atoms with E-state index in [0.717, 1.165) is 0 Å². The third kappa shape index (κ3) is 2.11. The quantitative estimate of drug-likeness (QED) is 0.817. The number of benzene rings is 1. The Bertz CT molecular complexity index is 476. The van der Waals surface area contributed by atoms with Crippen LogP contribution in [0.4, 0.5) is 4.39 Å². The topological polar surface area (TPSA) is 70.8 Å². The summed E-state index contributed by atoms with van der Waals surface area (Å²) >= 11 is 0. The number of carbonyl (C=O) groups is 1. The van der Waals surface area contributed by atoms with Gasteiger partial charge in [-0.1, -0.05) is 0 Å². The van der Waals surface area contributed by atoms with Crippen molar-refractivity contribution in [1.82, 2.24) is 0 Å². The predicted octanol–water partition coefficient (Wildman–Crippen LogP) is 1.14. The lowest BCUT2D eigenvalue weighted by Gasteiger charge is -2.22. The van der Waals surface area contributed by atoms with Gasteiger partial charge < -0.3 is 19.9 Å². The molecular formula is C12H14FNO4. The number of fused-ring (bicyclic) bond motifs is 1. The van der Waals surface area contributed by atoms with Gasteiger partial charge in [0.1, 0.15) is 18.8 Å². The van der Waals surface area contributed by atoms with Crippen molar-refractivity contribution < 1.29 is 23.4 Å². The van der Waals surface area contributed by atoms with Crippen molar-refractivity contribution in [2.75, 3.05) is 26.9 Å². The predicted molar refractivity (Wildman–Crippen MR) is 61.9 cm³/mol. The Kier molecular flexibility index (Phi) is 3.66. The van der Waals surface area contributed by atoms with E-state index < -0.39 is 11.6 Å². The molecule has 0 bridgehead atoms. The number of ether oxygens (including phenoxy) is 3. The van der Waals surface area contributed by atoms with E-state index >= 15 is 0 Å². The van der Waals surface area contributed by atoms with Crippen LogP contribution >= 0.6 is 0 Å². The molecule has 5 nitrogen and oxygen atoms in total. The number of rotatable bonds is 4. The normalized spacial score (nSPS) is 13.3. The van der Waals surface area contributed by atoms with Gasteiger partial charge in [0.25, 0.3) is 0 Å². The minimum atomic E-state index is -0.736. The molecule has 1 aliphatic rings. The summed E-state index contributed by atoms with van der Waals surface area (Å²) in [6, 6.07) is 1.38. The average Bonchev–Trinajstić information content (AvgIpc) is 2.38. The second-order valence-electron chi connectivity index (χ2n) is 3.75. The molecule has 1 aliphatic heterocycles. The van der Waals surface area contributed by atoms with Crippen LogP contribution in [0.3, 0.4) is 0 Å². The maximum absolute atomic E-state index is 14.1. The summed E-state index contributed by atoms with van der Waals surface area (Å²) in [5.41, 5.74) is 5.17. The van der Waals surface area contributed by atoms with Crippen LogP contribution in [0.5, 0.6) is 17.2 Å². The molecule has 0 aliphatic carbocycles. The monoisotopic (exact) mass is 255 g/mol. The highest BCUT2D eigenvalue weighted by Gasteiger charge is 2.27. The third-order valence-electron chi connectivity index (χ3n) is 2.61. The average molecular weight is 255 g/mol. The van der Waals surface area contributed by atoms with Crippen LogP contribution in [0.2, 0.25) is 0 Å². The minimum Gasteiger partial charge on any atom is -0.494 e. The number of carbonyl (C=O) groups excluding carboxylic acids is 1. The first-order valence-corrected chi connectivity index (χ1v) is 5.58. The van der Waals surface area contributed by atoms with Gasteiger partial charge in [-0.25, -0.2) is 4.39 Å². The van der Waals surface area contributed by atoms with Crippen LogP contribution in [-0.2, 0) is 0 Å². The fourth-order valence-electron chi connectivity index (χ4n) is 1.79. The lowest BCUT2D eigenvalue weighted by atomic mass is 10.0. The first kappa shape index (κ1) is 12.6. The van der Waals surface area contributed by atoms with Crippen LogP contribution in [-0.4, -0.2) is 32.7 Å². The van der Waals surface area contributed by atoms with Crippen LogP contribution < -0.4 is 19.9 Å². The molecule has 2 N–H and O–H groups in total. The van der Waals surface area contributed by atoms with Gasteiger partial charge in [0.15, 0.2) is 28.8 Å². The minimum absolute atomic E-state index is 0.0416. The number of nitrogens with two attached hydrogens (primary N) is 1. The maximum Gasteiger partial charge on any atom is 0.179 e. The summed E-state index contributed by atoms with van der Waals surface area (Å²) < 4.78 is 29.7. The fraction of sp³-hybridized carbons (Fsp3) is 0.417. The zero-order valence-corrected chi connectivity index (χ0v) is 9.99. The van der Waals surface area contributed by atoms with Gasteiger partial charge in [0.05, 0.1) is 7.11 Å². The first-order valence-electron chi connectivity index (χ1n) is 5.58. The Morgan fingerprint density at radius 2 is 2.22 bits per heavy atom. The fourth-order valence-corrected chi connectivity index (χ4v) is 1.79. The Morgan fingerprint density at radius 1 is 1.50 bits per heavy atom. The molecule has 1 heterocycles. The number of methoxy groups -OCH3 is 1. The Hall–Kier alpha value is -1.82. The van der Waals surface area contributed by atoms with Crippen LogP contribution in [0.25, 0.3) is 0 Å². The molecule has 98 valence electrons. The summed E-state index contributed by atoms with van der Waals surface area (Å²) in [4.78, 5) is 11.9. The van der Waals surface area contributed by atoms with E-state index in [1.807, 2.05) is 0 Å². The number of hydrogen-bond donors (Lipinski definition) is 1. The smallest absolute Gasteiger partial charge is 0.179 e. The zero-order chi connectivity index (χ0) is 13.1. The van der Waals surface area contributed by atoms with Gasteiger partial charge in [-0.2, -0.15) is 0 Å². The van der Waals surface area contributed by atoms with Crippen LogP contribution in [0, 0.1) is 5.82 Å². The van der Waals surface area contributed by atoms with E-state index in [9.17, 15) is 9.18 Å². The van der Waals surface area contributed by atoms with Crippen molar-refractivity contribution >= 4 is 5.78 Å². The second kappa shape index (κ2) is 5.22. The Balaban J connectivity index is 2.56.